The summed E-state index contributed by atoms with van der Waals surface area (Å²) in [6.07, 6.45) is -0.381. The third kappa shape index (κ3) is 3.84. The molecule has 0 atom stereocenters. The summed E-state index contributed by atoms with van der Waals surface area (Å²) >= 11 is 0. The third-order valence-corrected chi connectivity index (χ3v) is 2.46. The van der Waals surface area contributed by atoms with E-state index in [4.69, 9.17) is 5.73 Å². The van der Waals surface area contributed by atoms with Crippen molar-refractivity contribution in [3.8, 4) is 0 Å². The molecule has 6 nitrogen and oxygen atoms in total. The van der Waals surface area contributed by atoms with Crippen LogP contribution in [-0.4, -0.2) is 26.3 Å². The Morgan fingerprint density at radius 3 is 2.75 bits per heavy atom. The Morgan fingerprint density at radius 1 is 1.30 bits per heavy atom. The summed E-state index contributed by atoms with van der Waals surface area (Å²) in [4.78, 5) is 6.88. The molecule has 0 saturated heterocycles. The largest absolute Gasteiger partial charge is 0.433 e. The lowest BCUT2D eigenvalue weighted by atomic mass is 10.3. The standard InChI is InChI=1S/C11H13F3N6/c12-11(13,14)8-7-9(19-10(15)18-8)16-3-1-5-20-6-2-4-17-20/h2,4,6-7H,1,3,5H2,(H3,15,16,18,19). The molecular formula is C11H13F3N6. The van der Waals surface area contributed by atoms with Gasteiger partial charge >= 0.3 is 6.18 Å². The van der Waals surface area contributed by atoms with E-state index in [1.165, 1.54) is 0 Å². The second kappa shape index (κ2) is 5.76. The van der Waals surface area contributed by atoms with E-state index in [1.54, 1.807) is 16.9 Å². The minimum absolute atomic E-state index is 0.0605. The van der Waals surface area contributed by atoms with E-state index in [1.807, 2.05) is 6.20 Å². The summed E-state index contributed by atoms with van der Waals surface area (Å²) in [6, 6.07) is 2.64. The number of alkyl halides is 3. The molecule has 9 heteroatoms. The summed E-state index contributed by atoms with van der Waals surface area (Å²) in [7, 11) is 0. The van der Waals surface area contributed by atoms with Gasteiger partial charge in [-0.05, 0) is 12.5 Å². The smallest absolute Gasteiger partial charge is 0.370 e. The van der Waals surface area contributed by atoms with Gasteiger partial charge in [0.05, 0.1) is 0 Å². The van der Waals surface area contributed by atoms with E-state index in [0.29, 0.717) is 19.5 Å². The predicted octanol–water partition coefficient (Wildman–Crippen LogP) is 1.78. The van der Waals surface area contributed by atoms with Gasteiger partial charge in [-0.25, -0.2) is 4.98 Å². The average molecular weight is 286 g/mol. The summed E-state index contributed by atoms with van der Waals surface area (Å²) in [5.74, 6) is -0.348. The van der Waals surface area contributed by atoms with Gasteiger partial charge in [0, 0.05) is 31.5 Å². The molecule has 3 N–H and O–H groups in total. The van der Waals surface area contributed by atoms with Gasteiger partial charge < -0.3 is 11.1 Å². The number of nitrogens with two attached hydrogens (primary N) is 1. The van der Waals surface area contributed by atoms with Crippen LogP contribution in [0.3, 0.4) is 0 Å². The number of aryl methyl sites for hydroxylation is 1. The highest BCUT2D eigenvalue weighted by Crippen LogP contribution is 2.29. The van der Waals surface area contributed by atoms with Crippen molar-refractivity contribution in [1.82, 2.24) is 19.7 Å². The number of nitrogen functional groups attached to an aromatic ring is 1. The van der Waals surface area contributed by atoms with Gasteiger partial charge in [-0.3, -0.25) is 4.68 Å². The van der Waals surface area contributed by atoms with Crippen molar-refractivity contribution in [2.45, 2.75) is 19.1 Å². The van der Waals surface area contributed by atoms with E-state index < -0.39 is 17.8 Å². The molecule has 2 rings (SSSR count). The molecule has 108 valence electrons. The Morgan fingerprint density at radius 2 is 2.10 bits per heavy atom. The lowest BCUT2D eigenvalue weighted by molar-refractivity contribution is -0.141. The first-order valence-electron chi connectivity index (χ1n) is 5.88. The summed E-state index contributed by atoms with van der Waals surface area (Å²) in [5.41, 5.74) is 4.21. The van der Waals surface area contributed by atoms with E-state index in [-0.39, 0.29) is 5.82 Å². The monoisotopic (exact) mass is 286 g/mol. The van der Waals surface area contributed by atoms with E-state index in [0.717, 1.165) is 6.07 Å². The zero-order valence-corrected chi connectivity index (χ0v) is 10.4. The second-order valence-electron chi connectivity index (χ2n) is 4.04. The minimum Gasteiger partial charge on any atom is -0.370 e. The van der Waals surface area contributed by atoms with E-state index in [9.17, 15) is 13.2 Å². The molecule has 0 aliphatic rings. The van der Waals surface area contributed by atoms with Crippen LogP contribution in [0.5, 0.6) is 0 Å². The molecule has 0 unspecified atom stereocenters. The van der Waals surface area contributed by atoms with Gasteiger partial charge in [0.1, 0.15) is 5.82 Å². The zero-order valence-electron chi connectivity index (χ0n) is 10.4. The van der Waals surface area contributed by atoms with Crippen molar-refractivity contribution >= 4 is 11.8 Å². The molecule has 2 aromatic heterocycles. The van der Waals surface area contributed by atoms with Crippen molar-refractivity contribution < 1.29 is 13.2 Å². The molecule has 20 heavy (non-hydrogen) atoms. The molecule has 0 aliphatic heterocycles. The number of rotatable bonds is 5. The van der Waals surface area contributed by atoms with E-state index in [2.05, 4.69) is 20.4 Å². The Bertz CT molecular complexity index is 552. The molecule has 0 amide bonds. The fourth-order valence-electron chi connectivity index (χ4n) is 1.59. The van der Waals surface area contributed by atoms with Crippen LogP contribution in [-0.2, 0) is 12.7 Å². The third-order valence-electron chi connectivity index (χ3n) is 2.46. The molecule has 0 spiro atoms. The number of nitrogens with zero attached hydrogens (tertiary/aromatic N) is 4. The van der Waals surface area contributed by atoms with Crippen LogP contribution < -0.4 is 11.1 Å². The highest BCUT2D eigenvalue weighted by atomic mass is 19.4. The number of nitrogens with one attached hydrogen (secondary N) is 1. The first-order valence-corrected chi connectivity index (χ1v) is 5.88. The maximum absolute atomic E-state index is 12.5. The van der Waals surface area contributed by atoms with Crippen molar-refractivity contribution in [1.29, 1.82) is 0 Å². The number of halogens is 3. The lowest BCUT2D eigenvalue weighted by Crippen LogP contribution is -2.14. The van der Waals surface area contributed by atoms with Gasteiger partial charge in [0.2, 0.25) is 5.95 Å². The van der Waals surface area contributed by atoms with Crippen molar-refractivity contribution in [3.05, 3.63) is 30.2 Å². The molecule has 0 bridgehead atoms. The molecule has 0 aliphatic carbocycles. The highest BCUT2D eigenvalue weighted by molar-refractivity contribution is 5.41. The number of anilines is 2. The second-order valence-corrected chi connectivity index (χ2v) is 4.04. The Labute approximate surface area is 112 Å². The molecule has 0 aromatic carbocycles. The number of hydrogen-bond donors (Lipinski definition) is 2. The molecular weight excluding hydrogens is 273 g/mol. The van der Waals surface area contributed by atoms with Gasteiger partial charge in [0.15, 0.2) is 5.69 Å². The first kappa shape index (κ1) is 14.1. The topological polar surface area (TPSA) is 81.6 Å². The quantitative estimate of drug-likeness (QED) is 0.819. The average Bonchev–Trinajstić information content (AvgIpc) is 2.86. The maximum Gasteiger partial charge on any atom is 0.433 e. The van der Waals surface area contributed by atoms with Gasteiger partial charge in [-0.1, -0.05) is 0 Å². The molecule has 0 saturated carbocycles. The van der Waals surface area contributed by atoms with Crippen LogP contribution in [0.25, 0.3) is 0 Å². The normalized spacial score (nSPS) is 11.6. The van der Waals surface area contributed by atoms with Crippen LogP contribution in [0, 0.1) is 0 Å². The predicted molar refractivity (Wildman–Crippen MR) is 66.8 cm³/mol. The van der Waals surface area contributed by atoms with Crippen LogP contribution in [0.2, 0.25) is 0 Å². The fourth-order valence-corrected chi connectivity index (χ4v) is 1.59. The maximum atomic E-state index is 12.5. The van der Waals surface area contributed by atoms with Gasteiger partial charge in [0.25, 0.3) is 0 Å². The van der Waals surface area contributed by atoms with Crippen LogP contribution >= 0.6 is 0 Å². The number of aromatic nitrogens is 4. The van der Waals surface area contributed by atoms with Crippen LogP contribution in [0.1, 0.15) is 12.1 Å². The van der Waals surface area contributed by atoms with Gasteiger partial charge in [-0.2, -0.15) is 23.3 Å². The molecule has 0 radical (unpaired) electrons. The fraction of sp³-hybridized carbons (Fsp3) is 0.364. The van der Waals surface area contributed by atoms with Crippen LogP contribution in [0.4, 0.5) is 24.9 Å². The van der Waals surface area contributed by atoms with Crippen molar-refractivity contribution in [2.75, 3.05) is 17.6 Å². The van der Waals surface area contributed by atoms with Crippen LogP contribution in [0.15, 0.2) is 24.5 Å². The Balaban J connectivity index is 1.91. The van der Waals surface area contributed by atoms with Crippen molar-refractivity contribution in [2.24, 2.45) is 0 Å². The molecule has 2 aromatic rings. The molecule has 2 heterocycles. The van der Waals surface area contributed by atoms with E-state index >= 15 is 0 Å². The highest BCUT2D eigenvalue weighted by Gasteiger charge is 2.33. The van der Waals surface area contributed by atoms with Gasteiger partial charge in [-0.15, -0.1) is 0 Å². The minimum atomic E-state index is -4.54. The first-order chi connectivity index (χ1) is 9.45. The Kier molecular flexibility index (Phi) is 4.06. The Hall–Kier alpha value is -2.32. The SMILES string of the molecule is Nc1nc(NCCCn2cccn2)cc(C(F)(F)F)n1. The lowest BCUT2D eigenvalue weighted by Gasteiger charge is -2.10. The number of hydrogen-bond acceptors (Lipinski definition) is 5. The summed E-state index contributed by atoms with van der Waals surface area (Å²) < 4.78 is 39.3. The summed E-state index contributed by atoms with van der Waals surface area (Å²) in [5, 5.41) is 6.80. The zero-order chi connectivity index (χ0) is 14.6. The summed E-state index contributed by atoms with van der Waals surface area (Å²) in [6.45, 7) is 1.11. The van der Waals surface area contributed by atoms with Crippen molar-refractivity contribution in [3.63, 3.8) is 0 Å². The molecule has 0 fully saturated rings.